The molecule has 4 rings (SSSR count). The highest BCUT2D eigenvalue weighted by Gasteiger charge is 2.09. The molecule has 0 aliphatic heterocycles. The third-order valence-corrected chi connectivity index (χ3v) is 4.12. The fraction of sp³-hybridized carbons (Fsp3) is 0.0526. The van der Waals surface area contributed by atoms with Crippen molar-refractivity contribution in [3.63, 3.8) is 0 Å². The first kappa shape index (κ1) is 15.5. The average molecular weight is 351 g/mol. The van der Waals surface area contributed by atoms with Crippen LogP contribution in [0.4, 0.5) is 5.95 Å². The molecule has 2 N–H and O–H groups in total. The van der Waals surface area contributed by atoms with Gasteiger partial charge in [0.2, 0.25) is 5.95 Å². The van der Waals surface area contributed by atoms with Gasteiger partial charge in [0.25, 0.3) is 0 Å². The molecule has 2 aromatic heterocycles. The van der Waals surface area contributed by atoms with E-state index in [1.54, 1.807) is 6.20 Å². The van der Waals surface area contributed by atoms with E-state index < -0.39 is 0 Å². The number of anilines is 1. The number of nitrogens with zero attached hydrogens (tertiary/aromatic N) is 3. The summed E-state index contributed by atoms with van der Waals surface area (Å²) in [5, 5.41) is 1.70. The van der Waals surface area contributed by atoms with Crippen LogP contribution in [0.2, 0.25) is 5.02 Å². The topological polar surface area (TPSA) is 66.0 Å². The number of hydrogen-bond donors (Lipinski definition) is 1. The van der Waals surface area contributed by atoms with Gasteiger partial charge in [-0.1, -0.05) is 29.8 Å². The monoisotopic (exact) mass is 350 g/mol. The zero-order valence-electron chi connectivity index (χ0n) is 13.3. The van der Waals surface area contributed by atoms with Crippen molar-refractivity contribution in [3.8, 4) is 11.6 Å². The van der Waals surface area contributed by atoms with Gasteiger partial charge in [0.1, 0.15) is 18.2 Å². The summed E-state index contributed by atoms with van der Waals surface area (Å²) in [5.74, 6) is 1.76. The third kappa shape index (κ3) is 3.14. The van der Waals surface area contributed by atoms with Crippen LogP contribution in [0.25, 0.3) is 16.7 Å². The van der Waals surface area contributed by atoms with E-state index in [1.807, 2.05) is 65.4 Å². The molecule has 2 heterocycles. The van der Waals surface area contributed by atoms with E-state index >= 15 is 0 Å². The lowest BCUT2D eigenvalue weighted by Gasteiger charge is -2.09. The predicted molar refractivity (Wildman–Crippen MR) is 99.1 cm³/mol. The molecule has 0 amide bonds. The molecule has 0 saturated carbocycles. The summed E-state index contributed by atoms with van der Waals surface area (Å²) in [6, 6.07) is 17.4. The van der Waals surface area contributed by atoms with E-state index in [2.05, 4.69) is 9.97 Å². The Morgan fingerprint density at radius 2 is 1.96 bits per heavy atom. The average Bonchev–Trinajstić information content (AvgIpc) is 3.05. The number of halogens is 1. The number of nitrogen functional groups attached to an aromatic ring is 1. The van der Waals surface area contributed by atoms with Crippen LogP contribution in [0, 0.1) is 0 Å². The minimum atomic E-state index is 0.243. The fourth-order valence-corrected chi connectivity index (χ4v) is 2.96. The predicted octanol–water partition coefficient (Wildman–Crippen LogP) is 4.24. The number of nitrogens with two attached hydrogens (primary N) is 1. The SMILES string of the molecule is Nc1nccc(-n2ccc3c(OCc4cccc(Cl)c4)cccc32)n1. The number of benzene rings is 2. The van der Waals surface area contributed by atoms with Crippen LogP contribution in [0.1, 0.15) is 5.56 Å². The van der Waals surface area contributed by atoms with Crippen molar-refractivity contribution in [3.05, 3.63) is 77.6 Å². The number of rotatable bonds is 4. The molecule has 0 unspecified atom stereocenters. The Bertz CT molecular complexity index is 1040. The van der Waals surface area contributed by atoms with E-state index in [0.717, 1.165) is 28.0 Å². The molecule has 2 aromatic carbocycles. The summed E-state index contributed by atoms with van der Waals surface area (Å²) in [7, 11) is 0. The van der Waals surface area contributed by atoms with Gasteiger partial charge in [-0.25, -0.2) is 4.98 Å². The number of hydrogen-bond acceptors (Lipinski definition) is 4. The van der Waals surface area contributed by atoms with Crippen molar-refractivity contribution in [1.29, 1.82) is 0 Å². The van der Waals surface area contributed by atoms with Gasteiger partial charge in [0.15, 0.2) is 0 Å². The van der Waals surface area contributed by atoms with Crippen molar-refractivity contribution in [2.45, 2.75) is 6.61 Å². The van der Waals surface area contributed by atoms with Crippen LogP contribution >= 0.6 is 11.6 Å². The maximum Gasteiger partial charge on any atom is 0.221 e. The Morgan fingerprint density at radius 3 is 2.80 bits per heavy atom. The summed E-state index contributed by atoms with van der Waals surface area (Å²) in [5.41, 5.74) is 7.70. The molecule has 124 valence electrons. The standard InChI is InChI=1S/C19H15ClN4O/c20-14-4-1-3-13(11-14)12-25-17-6-2-5-16-15(17)8-10-24(16)18-7-9-22-19(21)23-18/h1-11H,12H2,(H2,21,22,23). The number of aromatic nitrogens is 3. The molecular weight excluding hydrogens is 336 g/mol. The minimum absolute atomic E-state index is 0.243. The third-order valence-electron chi connectivity index (χ3n) is 3.88. The highest BCUT2D eigenvalue weighted by atomic mass is 35.5. The zero-order valence-corrected chi connectivity index (χ0v) is 14.0. The molecule has 0 aliphatic carbocycles. The molecule has 25 heavy (non-hydrogen) atoms. The van der Waals surface area contributed by atoms with E-state index in [4.69, 9.17) is 22.1 Å². The lowest BCUT2D eigenvalue weighted by atomic mass is 10.2. The Labute approximate surface area is 149 Å². The van der Waals surface area contributed by atoms with Crippen molar-refractivity contribution in [2.24, 2.45) is 0 Å². The molecule has 0 saturated heterocycles. The second kappa shape index (κ2) is 6.45. The molecule has 0 radical (unpaired) electrons. The molecular formula is C19H15ClN4O. The molecule has 6 heteroatoms. The maximum absolute atomic E-state index is 6.02. The minimum Gasteiger partial charge on any atom is -0.488 e. The van der Waals surface area contributed by atoms with Gasteiger partial charge in [-0.15, -0.1) is 0 Å². The van der Waals surface area contributed by atoms with Crippen LogP contribution < -0.4 is 10.5 Å². The highest BCUT2D eigenvalue weighted by Crippen LogP contribution is 2.29. The first-order valence-corrected chi connectivity index (χ1v) is 8.15. The molecule has 0 spiro atoms. The maximum atomic E-state index is 6.02. The van der Waals surface area contributed by atoms with Gasteiger partial charge in [0, 0.05) is 22.8 Å². The van der Waals surface area contributed by atoms with Gasteiger partial charge in [-0.2, -0.15) is 4.98 Å². The van der Waals surface area contributed by atoms with Crippen molar-refractivity contribution in [2.75, 3.05) is 5.73 Å². The first-order chi connectivity index (χ1) is 12.2. The van der Waals surface area contributed by atoms with E-state index in [1.165, 1.54) is 0 Å². The van der Waals surface area contributed by atoms with E-state index in [-0.39, 0.29) is 5.95 Å². The van der Waals surface area contributed by atoms with Crippen LogP contribution in [-0.4, -0.2) is 14.5 Å². The van der Waals surface area contributed by atoms with Crippen LogP contribution in [-0.2, 0) is 6.61 Å². The second-order valence-corrected chi connectivity index (χ2v) is 6.00. The fourth-order valence-electron chi connectivity index (χ4n) is 2.75. The Balaban J connectivity index is 1.67. The Kier molecular flexibility index (Phi) is 3.99. The van der Waals surface area contributed by atoms with Crippen molar-refractivity contribution in [1.82, 2.24) is 14.5 Å². The molecule has 0 fully saturated rings. The largest absolute Gasteiger partial charge is 0.488 e. The zero-order chi connectivity index (χ0) is 17.2. The van der Waals surface area contributed by atoms with Crippen LogP contribution in [0.5, 0.6) is 5.75 Å². The lowest BCUT2D eigenvalue weighted by Crippen LogP contribution is -2.01. The smallest absolute Gasteiger partial charge is 0.221 e. The van der Waals surface area contributed by atoms with Crippen LogP contribution in [0.3, 0.4) is 0 Å². The quantitative estimate of drug-likeness (QED) is 0.598. The molecule has 0 aliphatic rings. The van der Waals surface area contributed by atoms with Crippen LogP contribution in [0.15, 0.2) is 67.0 Å². The van der Waals surface area contributed by atoms with Gasteiger partial charge in [-0.05, 0) is 42.0 Å². The number of fused-ring (bicyclic) bond motifs is 1. The molecule has 4 aromatic rings. The summed E-state index contributed by atoms with van der Waals surface area (Å²) in [4.78, 5) is 8.21. The summed E-state index contributed by atoms with van der Waals surface area (Å²) >= 11 is 6.02. The van der Waals surface area contributed by atoms with E-state index in [9.17, 15) is 0 Å². The lowest BCUT2D eigenvalue weighted by molar-refractivity contribution is 0.310. The van der Waals surface area contributed by atoms with Gasteiger partial charge >= 0.3 is 0 Å². The number of ether oxygens (including phenoxy) is 1. The molecule has 5 nitrogen and oxygen atoms in total. The highest BCUT2D eigenvalue weighted by molar-refractivity contribution is 6.30. The van der Waals surface area contributed by atoms with Gasteiger partial charge in [-0.3, -0.25) is 0 Å². The molecule has 0 atom stereocenters. The summed E-state index contributed by atoms with van der Waals surface area (Å²) < 4.78 is 7.96. The Hall–Kier alpha value is -3.05. The van der Waals surface area contributed by atoms with Gasteiger partial charge in [0.05, 0.1) is 5.52 Å². The summed E-state index contributed by atoms with van der Waals surface area (Å²) in [6.45, 7) is 0.450. The normalized spacial score (nSPS) is 10.9. The molecule has 0 bridgehead atoms. The van der Waals surface area contributed by atoms with E-state index in [0.29, 0.717) is 11.6 Å². The summed E-state index contributed by atoms with van der Waals surface area (Å²) in [6.07, 6.45) is 3.59. The van der Waals surface area contributed by atoms with Crippen molar-refractivity contribution < 1.29 is 4.74 Å². The van der Waals surface area contributed by atoms with Gasteiger partial charge < -0.3 is 15.0 Å². The first-order valence-electron chi connectivity index (χ1n) is 7.77. The second-order valence-electron chi connectivity index (χ2n) is 5.57. The Morgan fingerprint density at radius 1 is 1.08 bits per heavy atom. The van der Waals surface area contributed by atoms with Crippen molar-refractivity contribution >= 4 is 28.5 Å².